The van der Waals surface area contributed by atoms with Gasteiger partial charge in [0.2, 0.25) is 11.8 Å². The number of hydrogen-bond donors (Lipinski definition) is 1. The fourth-order valence-corrected chi connectivity index (χ4v) is 7.99. The van der Waals surface area contributed by atoms with Crippen LogP contribution in [0.4, 0.5) is 10.5 Å². The molecule has 0 spiro atoms. The van der Waals surface area contributed by atoms with Gasteiger partial charge in [-0.15, -0.1) is 0 Å². The van der Waals surface area contributed by atoms with Crippen molar-refractivity contribution in [1.29, 1.82) is 0 Å². The molecular weight excluding hydrogens is 666 g/mol. The highest BCUT2D eigenvalue weighted by atomic mass is 79.9. The monoisotopic (exact) mass is 709 g/mol. The summed E-state index contributed by atoms with van der Waals surface area (Å²) in [5.74, 6) is -0.147. The minimum absolute atomic E-state index is 0.00464. The quantitative estimate of drug-likeness (QED) is 0.393. The second-order valence-corrected chi connectivity index (χ2v) is 13.8. The van der Waals surface area contributed by atoms with Gasteiger partial charge in [0.25, 0.3) is 6.47 Å². The second-order valence-electron chi connectivity index (χ2n) is 12.9. The summed E-state index contributed by atoms with van der Waals surface area (Å²) in [4.78, 5) is 60.0. The van der Waals surface area contributed by atoms with Gasteiger partial charge >= 0.3 is 6.03 Å². The van der Waals surface area contributed by atoms with E-state index in [9.17, 15) is 19.2 Å². The summed E-state index contributed by atoms with van der Waals surface area (Å²) in [7, 11) is 0. The Bertz CT molecular complexity index is 1440. The zero-order chi connectivity index (χ0) is 32.8. The van der Waals surface area contributed by atoms with Crippen molar-refractivity contribution in [3.63, 3.8) is 0 Å². The molecule has 1 atom stereocenters. The highest BCUT2D eigenvalue weighted by Gasteiger charge is 2.35. The summed E-state index contributed by atoms with van der Waals surface area (Å²) in [5.41, 5.74) is 2.88. The van der Waals surface area contributed by atoms with Crippen LogP contribution in [0.3, 0.4) is 0 Å². The Morgan fingerprint density at radius 1 is 0.936 bits per heavy atom. The van der Waals surface area contributed by atoms with Crippen molar-refractivity contribution in [2.45, 2.75) is 57.0 Å². The minimum atomic E-state index is -0.519. The van der Waals surface area contributed by atoms with Crippen molar-refractivity contribution in [1.82, 2.24) is 19.6 Å². The third kappa shape index (κ3) is 8.16. The molecule has 12 heteroatoms. The SMILES string of the molecule is O=COc1ccc(C[C@@H](CC(=O)N2CCC(N3CCc4ccccc4NC3=O)CC2)C(=O)N2CCN(C3CCOCC3)CC2)cc1Br. The Morgan fingerprint density at radius 3 is 2.40 bits per heavy atom. The molecule has 2 aromatic rings. The van der Waals surface area contributed by atoms with E-state index in [4.69, 9.17) is 9.47 Å². The Balaban J connectivity index is 1.08. The van der Waals surface area contributed by atoms with Gasteiger partial charge in [0, 0.05) is 83.2 Å². The van der Waals surface area contributed by atoms with Gasteiger partial charge in [0.1, 0.15) is 5.75 Å². The molecule has 3 fully saturated rings. The number of halogens is 1. The number of benzene rings is 2. The first kappa shape index (κ1) is 33.4. The molecule has 252 valence electrons. The summed E-state index contributed by atoms with van der Waals surface area (Å²) in [6.45, 7) is 6.63. The van der Waals surface area contributed by atoms with Crippen LogP contribution in [-0.4, -0.2) is 115 Å². The van der Waals surface area contributed by atoms with Crippen LogP contribution in [0.2, 0.25) is 0 Å². The maximum absolute atomic E-state index is 14.1. The summed E-state index contributed by atoms with van der Waals surface area (Å²) in [6, 6.07) is 13.8. The van der Waals surface area contributed by atoms with Crippen LogP contribution in [0, 0.1) is 5.92 Å². The number of carbonyl (C=O) groups excluding carboxylic acids is 4. The molecule has 0 radical (unpaired) electrons. The van der Waals surface area contributed by atoms with Crippen molar-refractivity contribution in [2.75, 3.05) is 64.3 Å². The Morgan fingerprint density at radius 2 is 1.68 bits per heavy atom. The predicted octanol–water partition coefficient (Wildman–Crippen LogP) is 3.94. The third-order valence-electron chi connectivity index (χ3n) is 10.2. The van der Waals surface area contributed by atoms with Crippen LogP contribution in [0.5, 0.6) is 5.75 Å². The van der Waals surface area contributed by atoms with Gasteiger partial charge in [-0.1, -0.05) is 24.3 Å². The number of piperazine rings is 1. The Labute approximate surface area is 284 Å². The Kier molecular flexibility index (Phi) is 11.1. The molecule has 0 aromatic heterocycles. The number of fused-ring (bicyclic) bond motifs is 1. The van der Waals surface area contributed by atoms with Crippen molar-refractivity contribution < 1.29 is 28.7 Å². The number of amides is 4. The van der Waals surface area contributed by atoms with Crippen LogP contribution < -0.4 is 10.1 Å². The van der Waals surface area contributed by atoms with Crippen LogP contribution in [-0.2, 0) is 32.0 Å². The van der Waals surface area contributed by atoms with Crippen molar-refractivity contribution in [3.05, 3.63) is 58.1 Å². The van der Waals surface area contributed by atoms with E-state index in [0.29, 0.717) is 74.7 Å². The molecule has 0 saturated carbocycles. The Hall–Kier alpha value is -3.48. The van der Waals surface area contributed by atoms with Crippen LogP contribution >= 0.6 is 15.9 Å². The van der Waals surface area contributed by atoms with E-state index < -0.39 is 5.92 Å². The van der Waals surface area contributed by atoms with E-state index in [2.05, 4.69) is 32.2 Å². The lowest BCUT2D eigenvalue weighted by atomic mass is 9.92. The molecule has 4 aliphatic heterocycles. The average molecular weight is 711 g/mol. The number of hydrogen-bond acceptors (Lipinski definition) is 7. The number of nitrogens with one attached hydrogen (secondary N) is 1. The van der Waals surface area contributed by atoms with Gasteiger partial charge < -0.3 is 29.5 Å². The smallest absolute Gasteiger partial charge is 0.322 e. The van der Waals surface area contributed by atoms with Crippen molar-refractivity contribution in [3.8, 4) is 5.75 Å². The predicted molar refractivity (Wildman–Crippen MR) is 180 cm³/mol. The first-order chi connectivity index (χ1) is 22.9. The normalized spacial score (nSPS) is 20.6. The fraction of sp³-hybridized carbons (Fsp3) is 0.543. The zero-order valence-corrected chi connectivity index (χ0v) is 28.4. The van der Waals surface area contributed by atoms with Crippen LogP contribution in [0.25, 0.3) is 0 Å². The number of anilines is 1. The van der Waals surface area contributed by atoms with Gasteiger partial charge in [-0.2, -0.15) is 0 Å². The fourth-order valence-electron chi connectivity index (χ4n) is 7.47. The molecule has 0 aliphatic carbocycles. The number of nitrogens with zero attached hydrogens (tertiary/aromatic N) is 4. The third-order valence-corrected chi connectivity index (χ3v) is 10.8. The number of rotatable bonds is 9. The molecule has 1 N–H and O–H groups in total. The standard InChI is InChI=1S/C35H44BrN5O6/c36-30-22-25(5-6-32(30)47-24-42)21-27(34(44)40-17-15-38(16-18-40)28-10-19-46-20-11-28)23-33(43)39-12-8-29(9-13-39)41-14-7-26-3-1-2-4-31(26)37-35(41)45/h1-6,22,24,27-29H,7-21,23H2,(H,37,45)/t27-/m0/s1. The molecule has 2 aromatic carbocycles. The van der Waals surface area contributed by atoms with E-state index in [0.717, 1.165) is 62.4 Å². The lowest BCUT2D eigenvalue weighted by Gasteiger charge is -2.41. The van der Waals surface area contributed by atoms with E-state index >= 15 is 0 Å². The molecule has 6 rings (SSSR count). The van der Waals surface area contributed by atoms with Crippen molar-refractivity contribution in [2.24, 2.45) is 5.92 Å². The van der Waals surface area contributed by atoms with E-state index in [1.54, 1.807) is 6.07 Å². The second kappa shape index (κ2) is 15.6. The van der Waals surface area contributed by atoms with Crippen molar-refractivity contribution >= 4 is 45.9 Å². The lowest BCUT2D eigenvalue weighted by molar-refractivity contribution is -0.143. The number of likely N-dealkylation sites (tertiary alicyclic amines) is 1. The number of para-hydroxylation sites is 1. The number of urea groups is 1. The molecule has 0 bridgehead atoms. The first-order valence-corrected chi connectivity index (χ1v) is 17.6. The summed E-state index contributed by atoms with van der Waals surface area (Å²) >= 11 is 3.46. The number of piperidine rings is 1. The van der Waals surface area contributed by atoms with Crippen LogP contribution in [0.15, 0.2) is 46.9 Å². The highest BCUT2D eigenvalue weighted by Crippen LogP contribution is 2.29. The van der Waals surface area contributed by atoms with E-state index in [1.807, 2.05) is 45.0 Å². The first-order valence-electron chi connectivity index (χ1n) is 16.8. The van der Waals surface area contributed by atoms with Gasteiger partial charge in [0.05, 0.1) is 10.4 Å². The maximum atomic E-state index is 14.1. The molecule has 11 nitrogen and oxygen atoms in total. The van der Waals surface area contributed by atoms with Gasteiger partial charge in [-0.05, 0) is 83.8 Å². The van der Waals surface area contributed by atoms with E-state index in [1.165, 1.54) is 0 Å². The highest BCUT2D eigenvalue weighted by molar-refractivity contribution is 9.10. The number of carbonyl (C=O) groups is 4. The largest absolute Gasteiger partial charge is 0.428 e. The lowest BCUT2D eigenvalue weighted by Crippen LogP contribution is -2.54. The summed E-state index contributed by atoms with van der Waals surface area (Å²) in [6.07, 6.45) is 4.76. The molecule has 4 amide bonds. The van der Waals surface area contributed by atoms with Crippen LogP contribution in [0.1, 0.15) is 43.2 Å². The molecular formula is C35H44BrN5O6. The van der Waals surface area contributed by atoms with Gasteiger partial charge in [0.15, 0.2) is 0 Å². The summed E-state index contributed by atoms with van der Waals surface area (Å²) in [5, 5.41) is 3.06. The average Bonchev–Trinajstić information content (AvgIpc) is 3.27. The molecule has 0 unspecified atom stereocenters. The topological polar surface area (TPSA) is 112 Å². The van der Waals surface area contributed by atoms with Gasteiger partial charge in [-0.3, -0.25) is 19.3 Å². The number of ether oxygens (including phenoxy) is 2. The zero-order valence-electron chi connectivity index (χ0n) is 26.8. The summed E-state index contributed by atoms with van der Waals surface area (Å²) < 4.78 is 11.2. The van der Waals surface area contributed by atoms with E-state index in [-0.39, 0.29) is 30.3 Å². The molecule has 4 aliphatic rings. The molecule has 4 heterocycles. The molecule has 47 heavy (non-hydrogen) atoms. The van der Waals surface area contributed by atoms with Gasteiger partial charge in [-0.25, -0.2) is 4.79 Å². The molecule has 3 saturated heterocycles. The minimum Gasteiger partial charge on any atom is -0.428 e. The maximum Gasteiger partial charge on any atom is 0.322 e.